The predicted molar refractivity (Wildman–Crippen MR) is 76.3 cm³/mol. The lowest BCUT2D eigenvalue weighted by atomic mass is 9.98. The van der Waals surface area contributed by atoms with Crippen LogP contribution in [0.25, 0.3) is 0 Å². The number of nitrogens with zero attached hydrogens (tertiary/aromatic N) is 3. The molecule has 1 aromatic heterocycles. The highest BCUT2D eigenvalue weighted by Gasteiger charge is 2.21. The maximum atomic E-state index is 13.5. The van der Waals surface area contributed by atoms with Crippen molar-refractivity contribution in [2.75, 3.05) is 11.4 Å². The number of hydrogen-bond acceptors (Lipinski definition) is 3. The van der Waals surface area contributed by atoms with Crippen LogP contribution in [0.3, 0.4) is 0 Å². The third kappa shape index (κ3) is 2.40. The predicted octanol–water partition coefficient (Wildman–Crippen LogP) is 2.77. The zero-order chi connectivity index (χ0) is 14.1. The largest absolute Gasteiger partial charge is 0.364 e. The molecule has 5 heteroatoms. The SMILES string of the molecule is CCc1n[nH]c(CN2CCCc3cc(F)cc(C)c32)n1. The molecule has 3 rings (SSSR count). The molecule has 0 bridgehead atoms. The zero-order valence-corrected chi connectivity index (χ0v) is 11.9. The average Bonchev–Trinajstić information content (AvgIpc) is 2.86. The molecule has 2 aromatic rings. The Balaban J connectivity index is 1.89. The first kappa shape index (κ1) is 13.1. The van der Waals surface area contributed by atoms with Gasteiger partial charge < -0.3 is 4.90 Å². The fourth-order valence-corrected chi connectivity index (χ4v) is 2.92. The van der Waals surface area contributed by atoms with Gasteiger partial charge in [-0.25, -0.2) is 9.37 Å². The molecule has 0 aliphatic carbocycles. The van der Waals surface area contributed by atoms with Gasteiger partial charge in [-0.05, 0) is 43.0 Å². The average molecular weight is 274 g/mol. The molecule has 0 amide bonds. The first-order chi connectivity index (χ1) is 9.67. The van der Waals surface area contributed by atoms with Crippen molar-refractivity contribution in [2.24, 2.45) is 0 Å². The van der Waals surface area contributed by atoms with Crippen molar-refractivity contribution in [3.63, 3.8) is 0 Å². The molecular weight excluding hydrogens is 255 g/mol. The van der Waals surface area contributed by atoms with E-state index in [2.05, 4.69) is 20.1 Å². The van der Waals surface area contributed by atoms with Gasteiger partial charge in [-0.3, -0.25) is 5.10 Å². The lowest BCUT2D eigenvalue weighted by Gasteiger charge is -2.32. The Labute approximate surface area is 118 Å². The van der Waals surface area contributed by atoms with E-state index in [1.54, 1.807) is 12.1 Å². The number of fused-ring (bicyclic) bond motifs is 1. The number of benzene rings is 1. The van der Waals surface area contributed by atoms with E-state index < -0.39 is 0 Å². The van der Waals surface area contributed by atoms with Gasteiger partial charge in [0.1, 0.15) is 11.6 Å². The van der Waals surface area contributed by atoms with E-state index in [4.69, 9.17) is 0 Å². The topological polar surface area (TPSA) is 44.8 Å². The van der Waals surface area contributed by atoms with E-state index in [0.717, 1.165) is 54.3 Å². The van der Waals surface area contributed by atoms with Crippen LogP contribution in [0.2, 0.25) is 0 Å². The summed E-state index contributed by atoms with van der Waals surface area (Å²) in [6, 6.07) is 3.27. The molecule has 0 fully saturated rings. The molecule has 1 aliphatic heterocycles. The second kappa shape index (κ2) is 5.23. The van der Waals surface area contributed by atoms with E-state index in [1.807, 2.05) is 13.8 Å². The second-order valence-electron chi connectivity index (χ2n) is 5.31. The molecule has 0 saturated carbocycles. The third-order valence-corrected chi connectivity index (χ3v) is 3.77. The summed E-state index contributed by atoms with van der Waals surface area (Å²) in [7, 11) is 0. The first-order valence-corrected chi connectivity index (χ1v) is 7.11. The van der Waals surface area contributed by atoms with E-state index in [9.17, 15) is 4.39 Å². The summed E-state index contributed by atoms with van der Waals surface area (Å²) in [5, 5.41) is 7.16. The van der Waals surface area contributed by atoms with E-state index >= 15 is 0 Å². The van der Waals surface area contributed by atoms with Gasteiger partial charge in [-0.15, -0.1) is 0 Å². The summed E-state index contributed by atoms with van der Waals surface area (Å²) in [5.41, 5.74) is 3.26. The minimum absolute atomic E-state index is 0.143. The number of halogens is 1. The van der Waals surface area contributed by atoms with Crippen molar-refractivity contribution < 1.29 is 4.39 Å². The summed E-state index contributed by atoms with van der Waals surface area (Å²) < 4.78 is 13.5. The van der Waals surface area contributed by atoms with Crippen molar-refractivity contribution in [1.29, 1.82) is 0 Å². The van der Waals surface area contributed by atoms with Crippen molar-refractivity contribution in [3.8, 4) is 0 Å². The number of aromatic amines is 1. The quantitative estimate of drug-likeness (QED) is 0.936. The van der Waals surface area contributed by atoms with Gasteiger partial charge in [0.25, 0.3) is 0 Å². The molecule has 1 aromatic carbocycles. The molecule has 1 N–H and O–H groups in total. The summed E-state index contributed by atoms with van der Waals surface area (Å²) in [6.07, 6.45) is 2.82. The first-order valence-electron chi connectivity index (χ1n) is 7.11. The highest BCUT2D eigenvalue weighted by Crippen LogP contribution is 2.32. The van der Waals surface area contributed by atoms with E-state index in [1.165, 1.54) is 0 Å². The Hall–Kier alpha value is -1.91. The maximum absolute atomic E-state index is 13.5. The molecule has 2 heterocycles. The standard InChI is InChI=1S/C15H19FN4/c1-3-13-17-14(19-18-13)9-20-6-4-5-11-8-12(16)7-10(2)15(11)20/h7-8H,3-6,9H2,1-2H3,(H,17,18,19). The Morgan fingerprint density at radius 2 is 2.25 bits per heavy atom. The molecule has 106 valence electrons. The third-order valence-electron chi connectivity index (χ3n) is 3.77. The minimum atomic E-state index is -0.143. The van der Waals surface area contributed by atoms with Crippen LogP contribution in [0.1, 0.15) is 36.1 Å². The molecular formula is C15H19FN4. The van der Waals surface area contributed by atoms with Crippen LogP contribution < -0.4 is 4.90 Å². The van der Waals surface area contributed by atoms with Gasteiger partial charge >= 0.3 is 0 Å². The molecule has 20 heavy (non-hydrogen) atoms. The van der Waals surface area contributed by atoms with Crippen LogP contribution in [-0.4, -0.2) is 21.7 Å². The molecule has 0 unspecified atom stereocenters. The van der Waals surface area contributed by atoms with Crippen LogP contribution >= 0.6 is 0 Å². The van der Waals surface area contributed by atoms with Crippen molar-refractivity contribution in [2.45, 2.75) is 39.7 Å². The van der Waals surface area contributed by atoms with Gasteiger partial charge in [0.2, 0.25) is 0 Å². The Bertz CT molecular complexity index is 620. The molecule has 4 nitrogen and oxygen atoms in total. The van der Waals surface area contributed by atoms with Crippen molar-refractivity contribution >= 4 is 5.69 Å². The Kier molecular flexibility index (Phi) is 3.42. The fraction of sp³-hybridized carbons (Fsp3) is 0.467. The van der Waals surface area contributed by atoms with Gasteiger partial charge in [0, 0.05) is 18.7 Å². The Morgan fingerprint density at radius 3 is 3.00 bits per heavy atom. The summed E-state index contributed by atoms with van der Waals surface area (Å²) in [5.74, 6) is 1.57. The molecule has 0 radical (unpaired) electrons. The minimum Gasteiger partial charge on any atom is -0.364 e. The monoisotopic (exact) mass is 274 g/mol. The summed E-state index contributed by atoms with van der Waals surface area (Å²) in [4.78, 5) is 6.73. The van der Waals surface area contributed by atoms with Crippen LogP contribution in [-0.2, 0) is 19.4 Å². The smallest absolute Gasteiger partial charge is 0.150 e. The normalized spacial score (nSPS) is 14.4. The van der Waals surface area contributed by atoms with E-state index in [-0.39, 0.29) is 5.82 Å². The van der Waals surface area contributed by atoms with Gasteiger partial charge in [0.05, 0.1) is 6.54 Å². The molecule has 0 spiro atoms. The maximum Gasteiger partial charge on any atom is 0.150 e. The van der Waals surface area contributed by atoms with E-state index in [0.29, 0.717) is 6.54 Å². The zero-order valence-electron chi connectivity index (χ0n) is 11.9. The number of hydrogen-bond donors (Lipinski definition) is 1. The highest BCUT2D eigenvalue weighted by molar-refractivity contribution is 5.61. The van der Waals surface area contributed by atoms with Crippen molar-refractivity contribution in [1.82, 2.24) is 15.2 Å². The van der Waals surface area contributed by atoms with Crippen LogP contribution in [0.5, 0.6) is 0 Å². The molecule has 1 aliphatic rings. The lowest BCUT2D eigenvalue weighted by molar-refractivity contribution is 0.614. The van der Waals surface area contributed by atoms with Gasteiger partial charge in [-0.1, -0.05) is 6.92 Å². The number of H-pyrrole nitrogens is 1. The summed E-state index contributed by atoms with van der Waals surface area (Å²) in [6.45, 7) is 5.68. The summed E-state index contributed by atoms with van der Waals surface area (Å²) >= 11 is 0. The second-order valence-corrected chi connectivity index (χ2v) is 5.31. The lowest BCUT2D eigenvalue weighted by Crippen LogP contribution is -2.30. The van der Waals surface area contributed by atoms with Crippen LogP contribution in [0.15, 0.2) is 12.1 Å². The van der Waals surface area contributed by atoms with Crippen molar-refractivity contribution in [3.05, 3.63) is 40.7 Å². The number of rotatable bonds is 3. The number of anilines is 1. The van der Waals surface area contributed by atoms with Gasteiger partial charge in [-0.2, -0.15) is 5.10 Å². The van der Waals surface area contributed by atoms with Crippen LogP contribution in [0.4, 0.5) is 10.1 Å². The number of nitrogens with one attached hydrogen (secondary N) is 1. The highest BCUT2D eigenvalue weighted by atomic mass is 19.1. The molecule has 0 saturated heterocycles. The Morgan fingerprint density at radius 1 is 1.40 bits per heavy atom. The van der Waals surface area contributed by atoms with Gasteiger partial charge in [0.15, 0.2) is 5.82 Å². The molecule has 0 atom stereocenters. The number of aromatic nitrogens is 3. The number of aryl methyl sites for hydroxylation is 3. The van der Waals surface area contributed by atoms with Crippen LogP contribution in [0, 0.1) is 12.7 Å². The fourth-order valence-electron chi connectivity index (χ4n) is 2.92.